The number of nitrogens with one attached hydrogen (secondary N) is 2. The molecule has 1 fully saturated rings. The van der Waals surface area contributed by atoms with Crippen molar-refractivity contribution in [3.63, 3.8) is 0 Å². The normalized spacial score (nSPS) is 21.1. The predicted octanol–water partition coefficient (Wildman–Crippen LogP) is 2.44. The van der Waals surface area contributed by atoms with Crippen molar-refractivity contribution >= 4 is 15.7 Å². The van der Waals surface area contributed by atoms with Gasteiger partial charge in [0.2, 0.25) is 10.0 Å². The van der Waals surface area contributed by atoms with Crippen molar-refractivity contribution in [2.45, 2.75) is 32.1 Å². The second-order valence-electron chi connectivity index (χ2n) is 5.77. The van der Waals surface area contributed by atoms with Crippen LogP contribution in [0.4, 0.5) is 5.69 Å². The van der Waals surface area contributed by atoms with Crippen LogP contribution in [0.15, 0.2) is 29.2 Å². The van der Waals surface area contributed by atoms with E-state index in [4.69, 9.17) is 0 Å². The maximum absolute atomic E-state index is 12.1. The maximum Gasteiger partial charge on any atom is 0.242 e. The van der Waals surface area contributed by atoms with E-state index in [9.17, 15) is 8.42 Å². The Morgan fingerprint density at radius 3 is 2.53 bits per heavy atom. The Balaban J connectivity index is 2.13. The number of anilines is 1. The minimum atomic E-state index is -3.41. The molecule has 0 radical (unpaired) electrons. The van der Waals surface area contributed by atoms with Crippen LogP contribution < -0.4 is 10.0 Å². The molecule has 0 bridgehead atoms. The van der Waals surface area contributed by atoms with E-state index < -0.39 is 10.0 Å². The summed E-state index contributed by atoms with van der Waals surface area (Å²) in [5, 5.41) is 3.28. The van der Waals surface area contributed by atoms with Crippen molar-refractivity contribution < 1.29 is 8.42 Å². The van der Waals surface area contributed by atoms with Gasteiger partial charge in [-0.3, -0.25) is 0 Å². The molecule has 2 N–H and O–H groups in total. The van der Waals surface area contributed by atoms with E-state index in [2.05, 4.69) is 23.9 Å². The van der Waals surface area contributed by atoms with Crippen molar-refractivity contribution in [2.75, 3.05) is 18.4 Å². The SMILES string of the molecule is CCNS(=O)(=O)c1ccccc1NCC1CC1(C)C. The number of hydrogen-bond donors (Lipinski definition) is 2. The Hall–Kier alpha value is -1.07. The summed E-state index contributed by atoms with van der Waals surface area (Å²) >= 11 is 0. The van der Waals surface area contributed by atoms with E-state index in [1.165, 1.54) is 6.42 Å². The molecule has 0 aliphatic heterocycles. The molecule has 1 saturated carbocycles. The fraction of sp³-hybridized carbons (Fsp3) is 0.571. The first-order valence-corrected chi connectivity index (χ1v) is 8.18. The zero-order valence-electron chi connectivity index (χ0n) is 11.7. The molecule has 0 saturated heterocycles. The highest BCUT2D eigenvalue weighted by molar-refractivity contribution is 7.89. The number of sulfonamides is 1. The highest BCUT2D eigenvalue weighted by atomic mass is 32.2. The quantitative estimate of drug-likeness (QED) is 0.842. The zero-order chi connectivity index (χ0) is 14.1. The van der Waals surface area contributed by atoms with E-state index >= 15 is 0 Å². The monoisotopic (exact) mass is 282 g/mol. The molecule has 1 aromatic rings. The van der Waals surface area contributed by atoms with Crippen LogP contribution >= 0.6 is 0 Å². The Morgan fingerprint density at radius 1 is 1.32 bits per heavy atom. The summed E-state index contributed by atoms with van der Waals surface area (Å²) in [5.74, 6) is 0.627. The highest BCUT2D eigenvalue weighted by Gasteiger charge is 2.45. The second kappa shape index (κ2) is 5.13. The lowest BCUT2D eigenvalue weighted by molar-refractivity contribution is 0.572. The third-order valence-corrected chi connectivity index (χ3v) is 5.37. The van der Waals surface area contributed by atoms with Crippen LogP contribution in [0.25, 0.3) is 0 Å². The molecule has 4 nitrogen and oxygen atoms in total. The summed E-state index contributed by atoms with van der Waals surface area (Å²) in [5.41, 5.74) is 1.08. The number of para-hydroxylation sites is 1. The first-order valence-electron chi connectivity index (χ1n) is 6.69. The van der Waals surface area contributed by atoms with Crippen molar-refractivity contribution in [3.05, 3.63) is 24.3 Å². The average molecular weight is 282 g/mol. The van der Waals surface area contributed by atoms with Crippen LogP contribution in [0.2, 0.25) is 0 Å². The average Bonchev–Trinajstić information content (AvgIpc) is 2.95. The molecule has 1 aliphatic rings. The molecule has 1 atom stereocenters. The smallest absolute Gasteiger partial charge is 0.242 e. The van der Waals surface area contributed by atoms with Gasteiger partial charge < -0.3 is 5.32 Å². The van der Waals surface area contributed by atoms with Crippen LogP contribution in [-0.2, 0) is 10.0 Å². The van der Waals surface area contributed by atoms with Gasteiger partial charge in [-0.15, -0.1) is 0 Å². The fourth-order valence-corrected chi connectivity index (χ4v) is 3.50. The highest BCUT2D eigenvalue weighted by Crippen LogP contribution is 2.51. The first-order chi connectivity index (χ1) is 8.87. The van der Waals surface area contributed by atoms with Gasteiger partial charge in [0.1, 0.15) is 4.90 Å². The minimum Gasteiger partial charge on any atom is -0.384 e. The molecule has 19 heavy (non-hydrogen) atoms. The van der Waals surface area contributed by atoms with Crippen molar-refractivity contribution in [1.82, 2.24) is 4.72 Å². The molecule has 1 aromatic carbocycles. The van der Waals surface area contributed by atoms with E-state index in [0.29, 0.717) is 28.5 Å². The molecule has 0 heterocycles. The van der Waals surface area contributed by atoms with Crippen molar-refractivity contribution in [2.24, 2.45) is 11.3 Å². The van der Waals surface area contributed by atoms with E-state index in [1.54, 1.807) is 19.1 Å². The summed E-state index contributed by atoms with van der Waals surface area (Å²) in [6, 6.07) is 7.06. The first kappa shape index (κ1) is 14.3. The van der Waals surface area contributed by atoms with Crippen LogP contribution in [0.3, 0.4) is 0 Å². The molecule has 1 aliphatic carbocycles. The number of rotatable bonds is 6. The van der Waals surface area contributed by atoms with Gasteiger partial charge >= 0.3 is 0 Å². The lowest BCUT2D eigenvalue weighted by atomic mass is 10.1. The van der Waals surface area contributed by atoms with Gasteiger partial charge in [-0.05, 0) is 29.9 Å². The van der Waals surface area contributed by atoms with E-state index in [1.807, 2.05) is 12.1 Å². The van der Waals surface area contributed by atoms with Gasteiger partial charge in [0.05, 0.1) is 5.69 Å². The van der Waals surface area contributed by atoms with Crippen LogP contribution in [0, 0.1) is 11.3 Å². The molecule has 0 amide bonds. The fourth-order valence-electron chi connectivity index (χ4n) is 2.27. The number of benzene rings is 1. The summed E-state index contributed by atoms with van der Waals surface area (Å²) in [6.45, 7) is 7.47. The number of hydrogen-bond acceptors (Lipinski definition) is 3. The summed E-state index contributed by atoms with van der Waals surface area (Å²) in [7, 11) is -3.41. The second-order valence-corrected chi connectivity index (χ2v) is 7.50. The standard InChI is InChI=1S/C14H22N2O2S/c1-4-16-19(17,18)13-8-6-5-7-12(13)15-10-11-9-14(11,2)3/h5-8,11,15-16H,4,9-10H2,1-3H3. The topological polar surface area (TPSA) is 58.2 Å². The maximum atomic E-state index is 12.1. The van der Waals surface area contributed by atoms with E-state index in [-0.39, 0.29) is 0 Å². The van der Waals surface area contributed by atoms with Gasteiger partial charge in [0.25, 0.3) is 0 Å². The van der Waals surface area contributed by atoms with Crippen LogP contribution in [0.1, 0.15) is 27.2 Å². The van der Waals surface area contributed by atoms with Crippen LogP contribution in [0.5, 0.6) is 0 Å². The Kier molecular flexibility index (Phi) is 3.87. The molecule has 5 heteroatoms. The lowest BCUT2D eigenvalue weighted by Crippen LogP contribution is -2.24. The van der Waals surface area contributed by atoms with Crippen LogP contribution in [-0.4, -0.2) is 21.5 Å². The van der Waals surface area contributed by atoms with Gasteiger partial charge in [0, 0.05) is 13.1 Å². The van der Waals surface area contributed by atoms with Gasteiger partial charge in [-0.25, -0.2) is 13.1 Å². The summed E-state index contributed by atoms with van der Waals surface area (Å²) in [4.78, 5) is 0.329. The van der Waals surface area contributed by atoms with Gasteiger partial charge in [-0.1, -0.05) is 32.9 Å². The largest absolute Gasteiger partial charge is 0.384 e. The summed E-state index contributed by atoms with van der Waals surface area (Å²) in [6.07, 6.45) is 1.20. The van der Waals surface area contributed by atoms with E-state index in [0.717, 1.165) is 6.54 Å². The molecule has 2 rings (SSSR count). The van der Waals surface area contributed by atoms with Crippen molar-refractivity contribution in [1.29, 1.82) is 0 Å². The Labute approximate surface area is 115 Å². The molecule has 0 spiro atoms. The third-order valence-electron chi connectivity index (χ3n) is 3.77. The molecular formula is C14H22N2O2S. The van der Waals surface area contributed by atoms with Crippen molar-refractivity contribution in [3.8, 4) is 0 Å². The Bertz CT molecular complexity index is 552. The predicted molar refractivity (Wildman–Crippen MR) is 77.7 cm³/mol. The molecule has 106 valence electrons. The third kappa shape index (κ3) is 3.28. The molecule has 0 aromatic heterocycles. The summed E-state index contributed by atoms with van der Waals surface area (Å²) < 4.78 is 26.7. The Morgan fingerprint density at radius 2 is 1.95 bits per heavy atom. The minimum absolute atomic E-state index is 0.329. The van der Waals surface area contributed by atoms with Gasteiger partial charge in [0.15, 0.2) is 0 Å². The molecular weight excluding hydrogens is 260 g/mol. The zero-order valence-corrected chi connectivity index (χ0v) is 12.5. The molecule has 1 unspecified atom stereocenters. The van der Waals surface area contributed by atoms with Gasteiger partial charge in [-0.2, -0.15) is 0 Å². The lowest BCUT2D eigenvalue weighted by Gasteiger charge is -2.13.